The van der Waals surface area contributed by atoms with Crippen molar-refractivity contribution in [1.29, 1.82) is 0 Å². The van der Waals surface area contributed by atoms with Gasteiger partial charge in [0, 0.05) is 19.0 Å². The Balaban J connectivity index is 2.21. The molecular weight excluding hydrogens is 256 g/mol. The Labute approximate surface area is 110 Å². The molecule has 8 nitrogen and oxygen atoms in total. The molecule has 0 spiro atoms. The van der Waals surface area contributed by atoms with Gasteiger partial charge in [-0.25, -0.2) is 4.79 Å². The lowest BCUT2D eigenvalue weighted by Crippen LogP contribution is -2.62. The number of hydroxylamine groups is 1. The minimum atomic E-state index is -1.57. The molecule has 19 heavy (non-hydrogen) atoms. The highest BCUT2D eigenvalue weighted by molar-refractivity contribution is 5.86. The second-order valence-corrected chi connectivity index (χ2v) is 4.71. The molecule has 2 aliphatic heterocycles. The van der Waals surface area contributed by atoms with Crippen LogP contribution in [0.15, 0.2) is 0 Å². The fraction of sp³-hybridized carbons (Fsp3) is 0.818. The molecule has 2 saturated heterocycles. The van der Waals surface area contributed by atoms with Crippen molar-refractivity contribution in [2.24, 2.45) is 11.8 Å². The number of Topliss-reactive ketones (excluding diaryl/α,β-unsaturated/α-hetero) is 1. The predicted molar refractivity (Wildman–Crippen MR) is 61.2 cm³/mol. The van der Waals surface area contributed by atoms with Gasteiger partial charge in [0.2, 0.25) is 0 Å². The van der Waals surface area contributed by atoms with Gasteiger partial charge in [-0.2, -0.15) is 0 Å². The summed E-state index contributed by atoms with van der Waals surface area (Å²) in [7, 11) is 1.28. The largest absolute Gasteiger partial charge is 0.453 e. The van der Waals surface area contributed by atoms with Crippen LogP contribution in [-0.2, 0) is 19.0 Å². The molecule has 0 aromatic heterocycles. The monoisotopic (exact) mass is 274 g/mol. The van der Waals surface area contributed by atoms with Crippen molar-refractivity contribution in [2.45, 2.75) is 12.8 Å². The minimum Gasteiger partial charge on any atom is -0.453 e. The summed E-state index contributed by atoms with van der Waals surface area (Å²) < 4.78 is 15.3. The van der Waals surface area contributed by atoms with Crippen LogP contribution >= 0.6 is 0 Å². The smallest absolute Gasteiger partial charge is 0.409 e. The lowest BCUT2D eigenvalue weighted by Gasteiger charge is -2.41. The fourth-order valence-electron chi connectivity index (χ4n) is 2.51. The molecular formula is C11H18N2O6. The van der Waals surface area contributed by atoms with Gasteiger partial charge in [-0.1, -0.05) is 6.92 Å². The number of likely N-dealkylation sites (tertiary alicyclic amines) is 1. The lowest BCUT2D eigenvalue weighted by atomic mass is 9.86. The normalized spacial score (nSPS) is 30.5. The van der Waals surface area contributed by atoms with E-state index in [1.54, 1.807) is 6.92 Å². The Bertz CT molecular complexity index is 368. The summed E-state index contributed by atoms with van der Waals surface area (Å²) in [6.45, 7) is 2.60. The highest BCUT2D eigenvalue weighted by atomic mass is 16.8. The van der Waals surface area contributed by atoms with E-state index in [-0.39, 0.29) is 38.0 Å². The van der Waals surface area contributed by atoms with Crippen molar-refractivity contribution in [1.82, 2.24) is 10.4 Å². The Morgan fingerprint density at radius 1 is 1.47 bits per heavy atom. The van der Waals surface area contributed by atoms with Gasteiger partial charge in [0.25, 0.3) is 5.91 Å². The number of methoxy groups -OCH3 is 1. The van der Waals surface area contributed by atoms with Crippen LogP contribution in [0.25, 0.3) is 0 Å². The average molecular weight is 274 g/mol. The molecule has 108 valence electrons. The van der Waals surface area contributed by atoms with E-state index in [2.05, 4.69) is 4.74 Å². The number of carbonyl (C=O) groups excluding carboxylic acids is 2. The number of rotatable bonds is 2. The molecule has 2 unspecified atom stereocenters. The van der Waals surface area contributed by atoms with Crippen molar-refractivity contribution < 1.29 is 29.0 Å². The first-order chi connectivity index (χ1) is 9.04. The van der Waals surface area contributed by atoms with Gasteiger partial charge < -0.3 is 24.3 Å². The Morgan fingerprint density at radius 2 is 2.11 bits per heavy atom. The molecule has 1 amide bonds. The number of ketones is 1. The zero-order valence-electron chi connectivity index (χ0n) is 10.9. The number of nitrogens with zero attached hydrogens (tertiary/aromatic N) is 1. The number of hydrogen-bond donors (Lipinski definition) is 2. The van der Waals surface area contributed by atoms with Crippen LogP contribution in [0.3, 0.4) is 0 Å². The second-order valence-electron chi connectivity index (χ2n) is 4.71. The van der Waals surface area contributed by atoms with Gasteiger partial charge in [0.05, 0.1) is 20.3 Å². The highest BCUT2D eigenvalue weighted by Gasteiger charge is 2.52. The summed E-state index contributed by atoms with van der Waals surface area (Å²) in [5, 5.41) is 9.27. The second kappa shape index (κ2) is 5.41. The Morgan fingerprint density at radius 3 is 2.63 bits per heavy atom. The van der Waals surface area contributed by atoms with Crippen LogP contribution in [0.2, 0.25) is 0 Å². The maximum Gasteiger partial charge on any atom is 0.409 e. The summed E-state index contributed by atoms with van der Waals surface area (Å²) in [6.07, 6.45) is -0.518. The molecule has 2 N–H and O–H groups in total. The molecule has 0 radical (unpaired) electrons. The number of piperidine rings is 1. The van der Waals surface area contributed by atoms with E-state index < -0.39 is 17.9 Å². The molecule has 2 fully saturated rings. The first-order valence-electron chi connectivity index (χ1n) is 6.10. The Hall–Kier alpha value is -1.22. The van der Waals surface area contributed by atoms with Crippen molar-refractivity contribution in [3.8, 4) is 0 Å². The first-order valence-corrected chi connectivity index (χ1v) is 6.10. The third kappa shape index (κ3) is 2.44. The van der Waals surface area contributed by atoms with E-state index in [9.17, 15) is 14.8 Å². The summed E-state index contributed by atoms with van der Waals surface area (Å²) >= 11 is 0. The zero-order chi connectivity index (χ0) is 14.0. The molecule has 2 rings (SSSR count). The van der Waals surface area contributed by atoms with Crippen molar-refractivity contribution >= 4 is 11.9 Å². The van der Waals surface area contributed by atoms with Crippen LogP contribution in [0.1, 0.15) is 6.92 Å². The number of carbonyl (C=O) groups is 2. The molecule has 0 aromatic carbocycles. The fourth-order valence-corrected chi connectivity index (χ4v) is 2.51. The molecule has 2 heterocycles. The van der Waals surface area contributed by atoms with Crippen molar-refractivity contribution in [2.75, 3.05) is 33.4 Å². The number of ether oxygens (including phenoxy) is 3. The topological polar surface area (TPSA) is 97.3 Å². The van der Waals surface area contributed by atoms with Gasteiger partial charge in [0.15, 0.2) is 0 Å². The number of nitrogens with one attached hydrogen (secondary N) is 1. The van der Waals surface area contributed by atoms with Crippen LogP contribution in [0, 0.1) is 11.8 Å². The van der Waals surface area contributed by atoms with E-state index in [0.717, 1.165) is 0 Å². The lowest BCUT2D eigenvalue weighted by molar-refractivity contribution is -0.266. The van der Waals surface area contributed by atoms with Crippen LogP contribution in [0.5, 0.6) is 0 Å². The predicted octanol–water partition coefficient (Wildman–Crippen LogP) is -0.431. The highest BCUT2D eigenvalue weighted by Crippen LogP contribution is 2.32. The maximum atomic E-state index is 12.2. The van der Waals surface area contributed by atoms with Gasteiger partial charge in [-0.3, -0.25) is 4.79 Å². The summed E-state index contributed by atoms with van der Waals surface area (Å²) in [5.74, 6) is -2.87. The number of hydrogen-bond acceptors (Lipinski definition) is 7. The molecule has 8 heteroatoms. The van der Waals surface area contributed by atoms with E-state index in [1.807, 2.05) is 5.48 Å². The molecule has 2 atom stereocenters. The summed E-state index contributed by atoms with van der Waals surface area (Å²) in [6, 6.07) is 0. The van der Waals surface area contributed by atoms with E-state index in [4.69, 9.17) is 9.47 Å². The van der Waals surface area contributed by atoms with Crippen LogP contribution < -0.4 is 5.48 Å². The molecule has 0 aliphatic carbocycles. The van der Waals surface area contributed by atoms with Gasteiger partial charge in [-0.15, -0.1) is 5.48 Å². The zero-order valence-corrected chi connectivity index (χ0v) is 10.9. The molecule has 0 aromatic rings. The molecule has 2 aliphatic rings. The summed E-state index contributed by atoms with van der Waals surface area (Å²) in [4.78, 5) is 25.2. The molecule has 0 bridgehead atoms. The quantitative estimate of drug-likeness (QED) is 0.659. The van der Waals surface area contributed by atoms with E-state index in [1.165, 1.54) is 12.0 Å². The SMILES string of the molecule is COC(=O)N1CC(C)C(=O)C(C2(NO)OCCO2)C1. The van der Waals surface area contributed by atoms with Crippen molar-refractivity contribution in [3.05, 3.63) is 0 Å². The third-order valence-corrected chi connectivity index (χ3v) is 3.49. The molecule has 0 saturated carbocycles. The Kier molecular flexibility index (Phi) is 4.04. The van der Waals surface area contributed by atoms with E-state index in [0.29, 0.717) is 0 Å². The van der Waals surface area contributed by atoms with Gasteiger partial charge in [0.1, 0.15) is 11.7 Å². The first kappa shape index (κ1) is 14.2. The minimum absolute atomic E-state index is 0.0728. The van der Waals surface area contributed by atoms with Crippen molar-refractivity contribution in [3.63, 3.8) is 0 Å². The third-order valence-electron chi connectivity index (χ3n) is 3.49. The van der Waals surface area contributed by atoms with Gasteiger partial charge >= 0.3 is 6.09 Å². The number of amides is 1. The average Bonchev–Trinajstić information content (AvgIpc) is 2.90. The van der Waals surface area contributed by atoms with Crippen LogP contribution in [0.4, 0.5) is 4.79 Å². The van der Waals surface area contributed by atoms with Gasteiger partial charge in [-0.05, 0) is 0 Å². The van der Waals surface area contributed by atoms with Crippen LogP contribution in [-0.4, -0.2) is 61.3 Å². The van der Waals surface area contributed by atoms with E-state index >= 15 is 0 Å². The standard InChI is InChI=1S/C11H18N2O6/c1-7-5-13(10(15)17-2)6-8(9(7)14)11(12-16)18-3-4-19-11/h7-8,12,16H,3-6H2,1-2H3. The summed E-state index contributed by atoms with van der Waals surface area (Å²) in [5.41, 5.74) is 1.93. The maximum absolute atomic E-state index is 12.2.